The van der Waals surface area contributed by atoms with Gasteiger partial charge < -0.3 is 4.74 Å². The van der Waals surface area contributed by atoms with Gasteiger partial charge in [0, 0.05) is 5.56 Å². The highest BCUT2D eigenvalue weighted by Gasteiger charge is 2.05. The number of carbonyl (C=O) groups is 1. The summed E-state index contributed by atoms with van der Waals surface area (Å²) in [5, 5.41) is -0.360. The van der Waals surface area contributed by atoms with Crippen LogP contribution in [0.4, 0.5) is 0 Å². The van der Waals surface area contributed by atoms with Crippen molar-refractivity contribution >= 4 is 16.8 Å². The summed E-state index contributed by atoms with van der Waals surface area (Å²) in [5.41, 5.74) is 0.855. The van der Waals surface area contributed by atoms with Gasteiger partial charge in [-0.3, -0.25) is 4.79 Å². The fourth-order valence-corrected chi connectivity index (χ4v) is 1.41. The molecular formula is C12H15ClO2. The van der Waals surface area contributed by atoms with Crippen LogP contribution in [0.2, 0.25) is 0 Å². The van der Waals surface area contributed by atoms with Crippen molar-refractivity contribution in [1.82, 2.24) is 0 Å². The second-order valence-electron chi connectivity index (χ2n) is 3.34. The number of ether oxygens (including phenoxy) is 1. The van der Waals surface area contributed by atoms with E-state index in [4.69, 9.17) is 16.3 Å². The van der Waals surface area contributed by atoms with Crippen molar-refractivity contribution in [2.45, 2.75) is 26.2 Å². The summed E-state index contributed by atoms with van der Waals surface area (Å²) in [6.45, 7) is 2.79. The van der Waals surface area contributed by atoms with Gasteiger partial charge in [0.1, 0.15) is 5.75 Å². The molecule has 0 N–H and O–H groups in total. The summed E-state index contributed by atoms with van der Waals surface area (Å²) in [7, 11) is 0. The van der Waals surface area contributed by atoms with Gasteiger partial charge in [-0.25, -0.2) is 0 Å². The van der Waals surface area contributed by atoms with E-state index in [1.807, 2.05) is 24.3 Å². The molecule has 0 radical (unpaired) electrons. The lowest BCUT2D eigenvalue weighted by Gasteiger charge is -2.09. The Hall–Kier alpha value is -1.02. The molecule has 0 spiro atoms. The van der Waals surface area contributed by atoms with E-state index in [2.05, 4.69) is 6.92 Å². The third-order valence-electron chi connectivity index (χ3n) is 2.06. The van der Waals surface area contributed by atoms with Crippen LogP contribution >= 0.6 is 11.6 Å². The van der Waals surface area contributed by atoms with E-state index in [0.717, 1.165) is 24.2 Å². The van der Waals surface area contributed by atoms with Crippen LogP contribution in [0.15, 0.2) is 24.3 Å². The summed E-state index contributed by atoms with van der Waals surface area (Å²) < 4.78 is 5.57. The molecule has 0 saturated carbocycles. The lowest BCUT2D eigenvalue weighted by molar-refractivity contribution is -0.111. The number of hydrogen-bond donors (Lipinski definition) is 0. The molecule has 0 aromatic heterocycles. The van der Waals surface area contributed by atoms with Gasteiger partial charge in [0.15, 0.2) is 0 Å². The second-order valence-corrected chi connectivity index (χ2v) is 3.76. The van der Waals surface area contributed by atoms with E-state index in [0.29, 0.717) is 6.61 Å². The van der Waals surface area contributed by atoms with Crippen LogP contribution in [0.25, 0.3) is 0 Å². The van der Waals surface area contributed by atoms with Gasteiger partial charge in [-0.1, -0.05) is 31.5 Å². The first-order chi connectivity index (χ1) is 7.24. The third-order valence-corrected chi connectivity index (χ3v) is 2.19. The SMILES string of the molecule is CCCCOc1ccccc1CC(=O)Cl. The maximum absolute atomic E-state index is 10.8. The Morgan fingerprint density at radius 1 is 1.40 bits per heavy atom. The Kier molecular flexibility index (Phi) is 5.19. The van der Waals surface area contributed by atoms with Gasteiger partial charge in [0.05, 0.1) is 13.0 Å². The van der Waals surface area contributed by atoms with Crippen molar-refractivity contribution in [3.63, 3.8) is 0 Å². The van der Waals surface area contributed by atoms with E-state index < -0.39 is 0 Å². The van der Waals surface area contributed by atoms with Crippen LogP contribution in [-0.4, -0.2) is 11.8 Å². The molecule has 1 rings (SSSR count). The summed E-state index contributed by atoms with van der Waals surface area (Å²) in [5.74, 6) is 0.764. The highest BCUT2D eigenvalue weighted by molar-refractivity contribution is 6.63. The van der Waals surface area contributed by atoms with Gasteiger partial charge in [0.2, 0.25) is 5.24 Å². The Bertz CT molecular complexity index is 323. The first kappa shape index (κ1) is 12.1. The predicted octanol–water partition coefficient (Wildman–Crippen LogP) is 3.17. The van der Waals surface area contributed by atoms with E-state index >= 15 is 0 Å². The molecule has 3 heteroatoms. The zero-order chi connectivity index (χ0) is 11.1. The lowest BCUT2D eigenvalue weighted by atomic mass is 10.1. The Morgan fingerprint density at radius 3 is 2.80 bits per heavy atom. The topological polar surface area (TPSA) is 26.3 Å². The van der Waals surface area contributed by atoms with Gasteiger partial charge in [0.25, 0.3) is 0 Å². The standard InChI is InChI=1S/C12H15ClO2/c1-2-3-8-15-11-7-5-4-6-10(11)9-12(13)14/h4-7H,2-3,8-9H2,1H3. The van der Waals surface area contributed by atoms with E-state index in [-0.39, 0.29) is 11.7 Å². The summed E-state index contributed by atoms with van der Waals surface area (Å²) in [6, 6.07) is 7.50. The number of benzene rings is 1. The molecule has 1 aromatic rings. The van der Waals surface area contributed by atoms with Crippen molar-refractivity contribution in [1.29, 1.82) is 0 Å². The molecule has 1 aromatic carbocycles. The zero-order valence-corrected chi connectivity index (χ0v) is 9.59. The molecule has 0 aliphatic carbocycles. The third kappa shape index (κ3) is 4.34. The fraction of sp³-hybridized carbons (Fsp3) is 0.417. The minimum atomic E-state index is -0.360. The Labute approximate surface area is 95.2 Å². The number of rotatable bonds is 6. The minimum Gasteiger partial charge on any atom is -0.493 e. The van der Waals surface area contributed by atoms with Crippen molar-refractivity contribution in [3.05, 3.63) is 29.8 Å². The molecule has 15 heavy (non-hydrogen) atoms. The fourth-order valence-electron chi connectivity index (χ4n) is 1.27. The highest BCUT2D eigenvalue weighted by atomic mass is 35.5. The maximum atomic E-state index is 10.8. The Balaban J connectivity index is 2.64. The Morgan fingerprint density at radius 2 is 2.13 bits per heavy atom. The quantitative estimate of drug-likeness (QED) is 0.550. The molecule has 0 fully saturated rings. The molecule has 0 atom stereocenters. The molecule has 2 nitrogen and oxygen atoms in total. The van der Waals surface area contributed by atoms with Crippen molar-refractivity contribution in [2.75, 3.05) is 6.61 Å². The van der Waals surface area contributed by atoms with Crippen LogP contribution < -0.4 is 4.74 Å². The molecule has 0 aliphatic heterocycles. The van der Waals surface area contributed by atoms with Crippen LogP contribution in [0, 0.1) is 0 Å². The monoisotopic (exact) mass is 226 g/mol. The van der Waals surface area contributed by atoms with Crippen LogP contribution in [0.5, 0.6) is 5.75 Å². The van der Waals surface area contributed by atoms with Crippen molar-refractivity contribution < 1.29 is 9.53 Å². The molecule has 0 saturated heterocycles. The predicted molar refractivity (Wildman–Crippen MR) is 61.4 cm³/mol. The van der Waals surface area contributed by atoms with Gasteiger partial charge in [-0.05, 0) is 24.1 Å². The molecule has 0 unspecified atom stereocenters. The number of carbonyl (C=O) groups excluding carboxylic acids is 1. The molecule has 0 amide bonds. The number of para-hydroxylation sites is 1. The summed E-state index contributed by atoms with van der Waals surface area (Å²) in [6.07, 6.45) is 2.34. The van der Waals surface area contributed by atoms with Crippen LogP contribution in [0.1, 0.15) is 25.3 Å². The number of hydrogen-bond acceptors (Lipinski definition) is 2. The van der Waals surface area contributed by atoms with Gasteiger partial charge in [-0.2, -0.15) is 0 Å². The maximum Gasteiger partial charge on any atom is 0.226 e. The molecular weight excluding hydrogens is 212 g/mol. The normalized spacial score (nSPS) is 10.0. The lowest BCUT2D eigenvalue weighted by Crippen LogP contribution is -2.02. The van der Waals surface area contributed by atoms with Crippen LogP contribution in [-0.2, 0) is 11.2 Å². The molecule has 0 bridgehead atoms. The first-order valence-corrected chi connectivity index (χ1v) is 5.51. The highest BCUT2D eigenvalue weighted by Crippen LogP contribution is 2.19. The zero-order valence-electron chi connectivity index (χ0n) is 8.83. The van der Waals surface area contributed by atoms with E-state index in [1.54, 1.807) is 0 Å². The average Bonchev–Trinajstić information content (AvgIpc) is 2.20. The van der Waals surface area contributed by atoms with Gasteiger partial charge in [-0.15, -0.1) is 0 Å². The first-order valence-electron chi connectivity index (χ1n) is 5.13. The minimum absolute atomic E-state index is 0.226. The molecule has 0 heterocycles. The summed E-state index contributed by atoms with van der Waals surface area (Å²) >= 11 is 5.35. The van der Waals surface area contributed by atoms with E-state index in [9.17, 15) is 4.79 Å². The number of unbranched alkanes of at least 4 members (excludes halogenated alkanes) is 1. The summed E-state index contributed by atoms with van der Waals surface area (Å²) in [4.78, 5) is 10.8. The van der Waals surface area contributed by atoms with Crippen molar-refractivity contribution in [2.24, 2.45) is 0 Å². The molecule has 82 valence electrons. The smallest absolute Gasteiger partial charge is 0.226 e. The van der Waals surface area contributed by atoms with Gasteiger partial charge >= 0.3 is 0 Å². The van der Waals surface area contributed by atoms with Crippen molar-refractivity contribution in [3.8, 4) is 5.75 Å². The second kappa shape index (κ2) is 6.46. The number of halogens is 1. The molecule has 0 aliphatic rings. The largest absolute Gasteiger partial charge is 0.493 e. The van der Waals surface area contributed by atoms with E-state index in [1.165, 1.54) is 0 Å². The van der Waals surface area contributed by atoms with Crippen LogP contribution in [0.3, 0.4) is 0 Å². The average molecular weight is 227 g/mol.